The van der Waals surface area contributed by atoms with Crippen molar-refractivity contribution in [2.75, 3.05) is 35.5 Å². The highest BCUT2D eigenvalue weighted by molar-refractivity contribution is 9.10. The van der Waals surface area contributed by atoms with Crippen LogP contribution in [0.25, 0.3) is 6.08 Å². The maximum atomic E-state index is 5.42. The van der Waals surface area contributed by atoms with Crippen molar-refractivity contribution in [1.82, 2.24) is 5.32 Å². The number of ether oxygens (including phenoxy) is 5. The van der Waals surface area contributed by atoms with Crippen LogP contribution >= 0.6 is 28.1 Å². The minimum absolute atomic E-state index is 0.507. The summed E-state index contributed by atoms with van der Waals surface area (Å²) >= 11 is 8.96. The van der Waals surface area contributed by atoms with Crippen LogP contribution in [0.15, 0.2) is 34.8 Å². The lowest BCUT2D eigenvalue weighted by atomic mass is 10.1. The molecule has 0 heterocycles. The van der Waals surface area contributed by atoms with Crippen molar-refractivity contribution in [3.8, 4) is 28.7 Å². The molecule has 0 unspecified atom stereocenters. The molecule has 0 aliphatic carbocycles. The lowest BCUT2D eigenvalue weighted by Crippen LogP contribution is -2.18. The molecule has 2 aromatic carbocycles. The lowest BCUT2D eigenvalue weighted by molar-refractivity contribution is 0.323. The summed E-state index contributed by atoms with van der Waals surface area (Å²) in [6.45, 7) is 0.507. The molecular formula is C21H24BrNO5S. The summed E-state index contributed by atoms with van der Waals surface area (Å²) in [6, 6.07) is 7.52. The molecule has 1 N–H and O–H groups in total. The van der Waals surface area contributed by atoms with Crippen molar-refractivity contribution in [2.24, 2.45) is 0 Å². The van der Waals surface area contributed by atoms with E-state index in [9.17, 15) is 0 Å². The summed E-state index contributed by atoms with van der Waals surface area (Å²) in [5.74, 6) is 3.03. The topological polar surface area (TPSA) is 58.2 Å². The molecule has 156 valence electrons. The number of benzene rings is 2. The van der Waals surface area contributed by atoms with Gasteiger partial charge in [-0.05, 0) is 57.4 Å². The highest BCUT2D eigenvalue weighted by Crippen LogP contribution is 2.39. The lowest BCUT2D eigenvalue weighted by Gasteiger charge is -2.14. The average molecular weight is 482 g/mol. The van der Waals surface area contributed by atoms with Crippen molar-refractivity contribution in [3.63, 3.8) is 0 Å². The highest BCUT2D eigenvalue weighted by Gasteiger charge is 2.13. The van der Waals surface area contributed by atoms with E-state index < -0.39 is 0 Å². The van der Waals surface area contributed by atoms with Crippen LogP contribution in [0, 0.1) is 0 Å². The molecule has 6 nitrogen and oxygen atoms in total. The predicted octanol–water partition coefficient (Wildman–Crippen LogP) is 4.62. The second-order valence-electron chi connectivity index (χ2n) is 5.79. The second-order valence-corrected chi connectivity index (χ2v) is 7.02. The van der Waals surface area contributed by atoms with Gasteiger partial charge in [0.1, 0.15) is 0 Å². The third-order valence-electron chi connectivity index (χ3n) is 4.12. The van der Waals surface area contributed by atoms with Gasteiger partial charge in [0.15, 0.2) is 23.0 Å². The van der Waals surface area contributed by atoms with E-state index >= 15 is 0 Å². The molecule has 0 saturated carbocycles. The first kappa shape index (κ1) is 22.8. The van der Waals surface area contributed by atoms with E-state index in [1.807, 2.05) is 36.4 Å². The van der Waals surface area contributed by atoms with E-state index in [0.29, 0.717) is 40.3 Å². The number of halogens is 1. The Labute approximate surface area is 184 Å². The zero-order valence-electron chi connectivity index (χ0n) is 17.0. The summed E-state index contributed by atoms with van der Waals surface area (Å²) in [5, 5.41) is 3.20. The third kappa shape index (κ3) is 5.55. The molecule has 0 spiro atoms. The molecule has 29 heavy (non-hydrogen) atoms. The zero-order chi connectivity index (χ0) is 21.4. The fourth-order valence-corrected chi connectivity index (χ4v) is 3.45. The van der Waals surface area contributed by atoms with Gasteiger partial charge in [0.25, 0.3) is 0 Å². The molecule has 8 heteroatoms. The van der Waals surface area contributed by atoms with Crippen LogP contribution in [0.2, 0.25) is 0 Å². The molecule has 0 aliphatic heterocycles. The minimum Gasteiger partial charge on any atom is -0.493 e. The largest absolute Gasteiger partial charge is 0.493 e. The van der Waals surface area contributed by atoms with E-state index in [2.05, 4.69) is 21.2 Å². The van der Waals surface area contributed by atoms with Crippen molar-refractivity contribution in [1.29, 1.82) is 0 Å². The van der Waals surface area contributed by atoms with Crippen LogP contribution in [0.4, 0.5) is 0 Å². The van der Waals surface area contributed by atoms with Gasteiger partial charge < -0.3 is 29.0 Å². The van der Waals surface area contributed by atoms with Gasteiger partial charge in [0, 0.05) is 6.54 Å². The number of rotatable bonds is 9. The number of hydrogen-bond donors (Lipinski definition) is 1. The number of methoxy groups -OCH3 is 5. The van der Waals surface area contributed by atoms with Crippen molar-refractivity contribution >= 4 is 39.2 Å². The Bertz CT molecular complexity index is 876. The Morgan fingerprint density at radius 3 is 2.00 bits per heavy atom. The fraction of sp³-hybridized carbons (Fsp3) is 0.286. The van der Waals surface area contributed by atoms with Gasteiger partial charge in [-0.25, -0.2) is 0 Å². The van der Waals surface area contributed by atoms with Crippen LogP contribution in [0.3, 0.4) is 0 Å². The second kappa shape index (κ2) is 10.9. The summed E-state index contributed by atoms with van der Waals surface area (Å²) in [6.07, 6.45) is 3.72. The molecular weight excluding hydrogens is 458 g/mol. The molecule has 0 fully saturated rings. The molecule has 0 saturated heterocycles. The fourth-order valence-electron chi connectivity index (χ4n) is 2.68. The first-order chi connectivity index (χ1) is 14.0. The van der Waals surface area contributed by atoms with Gasteiger partial charge in [0.05, 0.1) is 45.0 Å². The molecule has 0 amide bonds. The highest BCUT2D eigenvalue weighted by atomic mass is 79.9. The zero-order valence-corrected chi connectivity index (χ0v) is 19.4. The van der Waals surface area contributed by atoms with E-state index in [4.69, 9.17) is 35.9 Å². The van der Waals surface area contributed by atoms with E-state index in [-0.39, 0.29) is 0 Å². The first-order valence-electron chi connectivity index (χ1n) is 8.64. The summed E-state index contributed by atoms with van der Waals surface area (Å²) in [7, 11) is 7.94. The summed E-state index contributed by atoms with van der Waals surface area (Å²) in [5.41, 5.74) is 1.86. The Morgan fingerprint density at radius 1 is 0.897 bits per heavy atom. The molecule has 0 aliphatic rings. The van der Waals surface area contributed by atoms with Gasteiger partial charge in [0.2, 0.25) is 5.75 Å². The summed E-state index contributed by atoms with van der Waals surface area (Å²) < 4.78 is 27.6. The Morgan fingerprint density at radius 2 is 1.48 bits per heavy atom. The van der Waals surface area contributed by atoms with Gasteiger partial charge >= 0.3 is 0 Å². The van der Waals surface area contributed by atoms with Crippen LogP contribution < -0.4 is 29.0 Å². The van der Waals surface area contributed by atoms with Gasteiger partial charge in [-0.1, -0.05) is 18.3 Å². The first-order valence-corrected chi connectivity index (χ1v) is 9.84. The van der Waals surface area contributed by atoms with Crippen LogP contribution in [-0.2, 0) is 6.54 Å². The van der Waals surface area contributed by atoms with Gasteiger partial charge in [-0.3, -0.25) is 0 Å². The predicted molar refractivity (Wildman–Crippen MR) is 122 cm³/mol. The number of hydrogen-bond acceptors (Lipinski definition) is 6. The Hall–Kier alpha value is -2.45. The summed E-state index contributed by atoms with van der Waals surface area (Å²) in [4.78, 5) is 0.584. The third-order valence-corrected chi connectivity index (χ3v) is 5.22. The number of thiocarbonyl (C=S) groups is 1. The Kier molecular flexibility index (Phi) is 8.60. The van der Waals surface area contributed by atoms with Crippen LogP contribution in [0.1, 0.15) is 11.1 Å². The smallest absolute Gasteiger partial charge is 0.203 e. The molecule has 0 bridgehead atoms. The standard InChI is InChI=1S/C21H24BrNO5S/c1-24-15-8-6-14(19(22)21(15)28-5)7-9-18(29)23-12-13-10-16(25-2)20(27-4)17(11-13)26-3/h6-11H,12H2,1-5H3,(H,23,29). The van der Waals surface area contributed by atoms with Gasteiger partial charge in [-0.15, -0.1) is 0 Å². The molecule has 0 radical (unpaired) electrons. The average Bonchev–Trinajstić information content (AvgIpc) is 2.75. The van der Waals surface area contributed by atoms with Crippen molar-refractivity contribution in [3.05, 3.63) is 45.9 Å². The normalized spacial score (nSPS) is 10.6. The van der Waals surface area contributed by atoms with Crippen molar-refractivity contribution < 1.29 is 23.7 Å². The molecule has 2 rings (SSSR count). The van der Waals surface area contributed by atoms with E-state index in [1.165, 1.54) is 0 Å². The van der Waals surface area contributed by atoms with E-state index in [0.717, 1.165) is 15.6 Å². The Balaban J connectivity index is 2.11. The quantitative estimate of drug-likeness (QED) is 0.414. The van der Waals surface area contributed by atoms with E-state index in [1.54, 1.807) is 35.5 Å². The maximum Gasteiger partial charge on any atom is 0.203 e. The SMILES string of the molecule is COc1cc(CNC(=S)C=Cc2ccc(OC)c(OC)c2Br)cc(OC)c1OC. The maximum absolute atomic E-state index is 5.42. The minimum atomic E-state index is 0.507. The van der Waals surface area contributed by atoms with Gasteiger partial charge in [-0.2, -0.15) is 0 Å². The molecule has 0 atom stereocenters. The molecule has 0 aromatic heterocycles. The molecule has 2 aromatic rings. The monoisotopic (exact) mass is 481 g/mol. The van der Waals surface area contributed by atoms with Crippen LogP contribution in [0.5, 0.6) is 28.7 Å². The van der Waals surface area contributed by atoms with Crippen LogP contribution in [-0.4, -0.2) is 40.5 Å². The number of nitrogens with one attached hydrogen (secondary N) is 1. The van der Waals surface area contributed by atoms with Crippen molar-refractivity contribution in [2.45, 2.75) is 6.54 Å².